The van der Waals surface area contributed by atoms with Gasteiger partial charge in [0.1, 0.15) is 0 Å². The van der Waals surface area contributed by atoms with Gasteiger partial charge in [-0.25, -0.2) is 0 Å². The van der Waals surface area contributed by atoms with E-state index in [1.807, 2.05) is 0 Å². The van der Waals surface area contributed by atoms with Gasteiger partial charge in [-0.15, -0.1) is 0 Å². The molecule has 0 unspecified atom stereocenters. The SMILES string of the molecule is C1CNCCNCCCNCCNC1.C1CNCCNCCCNCCNC1. The van der Waals surface area contributed by atoms with Crippen molar-refractivity contribution in [2.75, 3.05) is 105 Å². The van der Waals surface area contributed by atoms with Crippen LogP contribution in [0.3, 0.4) is 0 Å². The normalized spacial score (nSPS) is 24.0. The zero-order chi connectivity index (χ0) is 19.8. The molecular weight excluding hydrogens is 352 g/mol. The Kier molecular flexibility index (Phi) is 21.1. The standard InChI is InChI=1S/2C10H24N4/c2*1-3-11-7-9-13-5-2-6-14-10-8-12-4-1/h2*11-14H,1-10H2. The van der Waals surface area contributed by atoms with Gasteiger partial charge in [0.2, 0.25) is 0 Å². The van der Waals surface area contributed by atoms with Crippen molar-refractivity contribution in [3.63, 3.8) is 0 Å². The van der Waals surface area contributed by atoms with Gasteiger partial charge in [0, 0.05) is 52.4 Å². The van der Waals surface area contributed by atoms with Gasteiger partial charge < -0.3 is 42.5 Å². The van der Waals surface area contributed by atoms with Crippen LogP contribution in [0.25, 0.3) is 0 Å². The lowest BCUT2D eigenvalue weighted by Gasteiger charge is -2.10. The molecule has 0 radical (unpaired) electrons. The molecule has 168 valence electrons. The number of nitrogens with one attached hydrogen (secondary N) is 8. The van der Waals surface area contributed by atoms with Crippen molar-refractivity contribution in [2.24, 2.45) is 0 Å². The Bertz CT molecular complexity index is 159. The lowest BCUT2D eigenvalue weighted by Crippen LogP contribution is -2.34. The van der Waals surface area contributed by atoms with Crippen molar-refractivity contribution >= 4 is 0 Å². The fraction of sp³-hybridized carbons (Fsp3) is 1.00. The van der Waals surface area contributed by atoms with Crippen LogP contribution >= 0.6 is 0 Å². The molecule has 0 aromatic heterocycles. The summed E-state index contributed by atoms with van der Waals surface area (Å²) in [6.45, 7) is 17.7. The molecule has 0 aliphatic carbocycles. The lowest BCUT2D eigenvalue weighted by atomic mass is 10.3. The van der Waals surface area contributed by atoms with Gasteiger partial charge in [0.05, 0.1) is 0 Å². The van der Waals surface area contributed by atoms with E-state index < -0.39 is 0 Å². The molecule has 0 spiro atoms. The first-order chi connectivity index (χ1) is 14.0. The minimum Gasteiger partial charge on any atom is -0.315 e. The predicted octanol–water partition coefficient (Wildman–Crippen LogP) is -1.72. The van der Waals surface area contributed by atoms with Gasteiger partial charge in [0.25, 0.3) is 0 Å². The summed E-state index contributed by atoms with van der Waals surface area (Å²) in [6.07, 6.45) is 4.89. The van der Waals surface area contributed by atoms with E-state index >= 15 is 0 Å². The summed E-state index contributed by atoms with van der Waals surface area (Å²) in [6, 6.07) is 0. The van der Waals surface area contributed by atoms with Crippen molar-refractivity contribution in [1.82, 2.24) is 42.5 Å². The van der Waals surface area contributed by atoms with Crippen LogP contribution in [0, 0.1) is 0 Å². The van der Waals surface area contributed by atoms with Crippen LogP contribution in [0.5, 0.6) is 0 Å². The average molecular weight is 401 g/mol. The van der Waals surface area contributed by atoms with E-state index in [4.69, 9.17) is 0 Å². The summed E-state index contributed by atoms with van der Waals surface area (Å²) < 4.78 is 0. The molecule has 28 heavy (non-hydrogen) atoms. The lowest BCUT2D eigenvalue weighted by molar-refractivity contribution is 0.530. The summed E-state index contributed by atoms with van der Waals surface area (Å²) in [7, 11) is 0. The first-order valence-corrected chi connectivity index (χ1v) is 11.7. The number of rotatable bonds is 0. The highest BCUT2D eigenvalue weighted by Gasteiger charge is 1.94. The summed E-state index contributed by atoms with van der Waals surface area (Å²) >= 11 is 0. The van der Waals surface area contributed by atoms with Crippen molar-refractivity contribution < 1.29 is 0 Å². The van der Waals surface area contributed by atoms with Crippen molar-refractivity contribution in [2.45, 2.75) is 25.7 Å². The Morgan fingerprint density at radius 2 is 0.321 bits per heavy atom. The molecule has 2 aliphatic heterocycles. The molecule has 2 rings (SSSR count). The summed E-state index contributed by atoms with van der Waals surface area (Å²) in [5.74, 6) is 0. The van der Waals surface area contributed by atoms with Crippen LogP contribution in [0.2, 0.25) is 0 Å². The molecule has 2 saturated heterocycles. The maximum atomic E-state index is 3.42. The number of hydrogen-bond acceptors (Lipinski definition) is 8. The molecule has 0 saturated carbocycles. The first-order valence-electron chi connectivity index (χ1n) is 11.7. The highest BCUT2D eigenvalue weighted by molar-refractivity contribution is 4.60. The van der Waals surface area contributed by atoms with Crippen molar-refractivity contribution in [3.05, 3.63) is 0 Å². The minimum absolute atomic E-state index is 1.09. The maximum Gasteiger partial charge on any atom is 0.00767 e. The molecule has 0 bridgehead atoms. The number of hydrogen-bond donors (Lipinski definition) is 8. The van der Waals surface area contributed by atoms with Gasteiger partial charge in [0.15, 0.2) is 0 Å². The average Bonchev–Trinajstić information content (AvgIpc) is 2.72. The quantitative estimate of drug-likeness (QED) is 0.243. The summed E-state index contributed by atoms with van der Waals surface area (Å²) in [4.78, 5) is 0. The molecule has 0 aromatic rings. The van der Waals surface area contributed by atoms with Crippen LogP contribution < -0.4 is 42.5 Å². The highest BCUT2D eigenvalue weighted by atomic mass is 15.0. The summed E-state index contributed by atoms with van der Waals surface area (Å²) in [5, 5.41) is 27.4. The first kappa shape index (κ1) is 25.7. The molecule has 2 heterocycles. The Labute approximate surface area is 173 Å². The van der Waals surface area contributed by atoms with Crippen LogP contribution in [0.1, 0.15) is 25.7 Å². The van der Waals surface area contributed by atoms with Crippen LogP contribution in [-0.4, -0.2) is 105 Å². The van der Waals surface area contributed by atoms with Gasteiger partial charge in [-0.1, -0.05) is 0 Å². The van der Waals surface area contributed by atoms with E-state index in [9.17, 15) is 0 Å². The van der Waals surface area contributed by atoms with Crippen LogP contribution in [-0.2, 0) is 0 Å². The minimum atomic E-state index is 1.09. The molecule has 2 fully saturated rings. The molecule has 0 amide bonds. The van der Waals surface area contributed by atoms with Gasteiger partial charge in [-0.05, 0) is 78.0 Å². The van der Waals surface area contributed by atoms with Crippen molar-refractivity contribution in [3.8, 4) is 0 Å². The van der Waals surface area contributed by atoms with Crippen molar-refractivity contribution in [1.29, 1.82) is 0 Å². The Morgan fingerprint density at radius 3 is 0.464 bits per heavy atom. The second kappa shape index (κ2) is 23.0. The topological polar surface area (TPSA) is 96.2 Å². The fourth-order valence-electron chi connectivity index (χ4n) is 3.06. The zero-order valence-corrected chi connectivity index (χ0v) is 18.1. The molecule has 0 aromatic carbocycles. The summed E-state index contributed by atoms with van der Waals surface area (Å²) in [5.41, 5.74) is 0. The molecule has 8 nitrogen and oxygen atoms in total. The van der Waals surface area contributed by atoms with E-state index in [-0.39, 0.29) is 0 Å². The molecule has 8 N–H and O–H groups in total. The van der Waals surface area contributed by atoms with E-state index in [2.05, 4.69) is 42.5 Å². The third-order valence-corrected chi connectivity index (χ3v) is 4.74. The molecule has 8 heteroatoms. The second-order valence-corrected chi connectivity index (χ2v) is 7.41. The van der Waals surface area contributed by atoms with Gasteiger partial charge in [-0.3, -0.25) is 0 Å². The van der Waals surface area contributed by atoms with E-state index in [0.717, 1.165) is 105 Å². The van der Waals surface area contributed by atoms with Crippen LogP contribution in [0.4, 0.5) is 0 Å². The fourth-order valence-corrected chi connectivity index (χ4v) is 3.06. The largest absolute Gasteiger partial charge is 0.315 e. The van der Waals surface area contributed by atoms with Gasteiger partial charge >= 0.3 is 0 Å². The van der Waals surface area contributed by atoms with E-state index in [0.29, 0.717) is 0 Å². The monoisotopic (exact) mass is 400 g/mol. The molecular formula is C20H48N8. The van der Waals surface area contributed by atoms with E-state index in [1.165, 1.54) is 25.7 Å². The molecule has 2 aliphatic rings. The smallest absolute Gasteiger partial charge is 0.00767 e. The molecule has 0 atom stereocenters. The predicted molar refractivity (Wildman–Crippen MR) is 121 cm³/mol. The third kappa shape index (κ3) is 20.4. The van der Waals surface area contributed by atoms with E-state index in [1.54, 1.807) is 0 Å². The Hall–Kier alpha value is -0.320. The van der Waals surface area contributed by atoms with Gasteiger partial charge in [-0.2, -0.15) is 0 Å². The van der Waals surface area contributed by atoms with Crippen LogP contribution in [0.15, 0.2) is 0 Å². The highest BCUT2D eigenvalue weighted by Crippen LogP contribution is 1.77. The Morgan fingerprint density at radius 1 is 0.179 bits per heavy atom. The third-order valence-electron chi connectivity index (χ3n) is 4.74. The Balaban J connectivity index is 0.000000280. The second-order valence-electron chi connectivity index (χ2n) is 7.41. The maximum absolute atomic E-state index is 3.42. The zero-order valence-electron chi connectivity index (χ0n) is 18.1.